The minimum atomic E-state index is -0.397. The number of nitrogens with zero attached hydrogens (tertiary/aromatic N) is 3. The second-order valence-electron chi connectivity index (χ2n) is 5.68. The number of methoxy groups -OCH3 is 1. The standard InChI is InChI=1S/C15H23N3O3/c1-11(2)16-5-7-17(8-6-16)13-10-15(21-4)14(18(19)20)9-12(13)3/h9-11H,5-8H2,1-4H3. The normalized spacial score (nSPS) is 16.3. The summed E-state index contributed by atoms with van der Waals surface area (Å²) in [5, 5.41) is 11.0. The van der Waals surface area contributed by atoms with E-state index in [2.05, 4.69) is 23.6 Å². The van der Waals surface area contributed by atoms with Crippen molar-refractivity contribution in [3.05, 3.63) is 27.8 Å². The Balaban J connectivity index is 2.23. The number of rotatable bonds is 4. The van der Waals surface area contributed by atoms with Gasteiger partial charge in [-0.05, 0) is 26.3 Å². The van der Waals surface area contributed by atoms with Gasteiger partial charge in [-0.2, -0.15) is 0 Å². The van der Waals surface area contributed by atoms with Gasteiger partial charge in [0, 0.05) is 50.0 Å². The molecule has 0 saturated carbocycles. The second kappa shape index (κ2) is 6.30. The Morgan fingerprint density at radius 1 is 1.24 bits per heavy atom. The van der Waals surface area contributed by atoms with Crippen molar-refractivity contribution in [1.82, 2.24) is 4.90 Å². The minimum Gasteiger partial charge on any atom is -0.490 e. The Labute approximate surface area is 125 Å². The molecule has 116 valence electrons. The zero-order valence-electron chi connectivity index (χ0n) is 13.1. The highest BCUT2D eigenvalue weighted by atomic mass is 16.6. The Morgan fingerprint density at radius 2 is 1.86 bits per heavy atom. The van der Waals surface area contributed by atoms with Crippen LogP contribution in [0.2, 0.25) is 0 Å². The molecule has 1 aromatic rings. The molecule has 0 amide bonds. The minimum absolute atomic E-state index is 0.0274. The lowest BCUT2D eigenvalue weighted by Gasteiger charge is -2.38. The van der Waals surface area contributed by atoms with Crippen molar-refractivity contribution in [3.8, 4) is 5.75 Å². The molecule has 1 saturated heterocycles. The molecule has 0 bridgehead atoms. The van der Waals surface area contributed by atoms with E-state index in [4.69, 9.17) is 4.74 Å². The van der Waals surface area contributed by atoms with E-state index in [0.717, 1.165) is 37.4 Å². The summed E-state index contributed by atoms with van der Waals surface area (Å²) in [6.45, 7) is 10.2. The third kappa shape index (κ3) is 3.26. The van der Waals surface area contributed by atoms with Crippen LogP contribution in [0.4, 0.5) is 11.4 Å². The van der Waals surface area contributed by atoms with Gasteiger partial charge < -0.3 is 9.64 Å². The van der Waals surface area contributed by atoms with Gasteiger partial charge in [0.15, 0.2) is 5.75 Å². The maximum atomic E-state index is 11.0. The van der Waals surface area contributed by atoms with E-state index in [1.807, 2.05) is 6.92 Å². The molecular formula is C15H23N3O3. The molecule has 21 heavy (non-hydrogen) atoms. The molecule has 2 rings (SSSR count). The molecule has 0 unspecified atom stereocenters. The summed E-state index contributed by atoms with van der Waals surface area (Å²) < 4.78 is 5.17. The zero-order chi connectivity index (χ0) is 15.6. The van der Waals surface area contributed by atoms with Crippen molar-refractivity contribution in [2.75, 3.05) is 38.2 Å². The molecule has 1 aliphatic heterocycles. The van der Waals surface area contributed by atoms with E-state index in [0.29, 0.717) is 11.8 Å². The lowest BCUT2D eigenvalue weighted by atomic mass is 10.1. The molecule has 0 aromatic heterocycles. The predicted octanol–water partition coefficient (Wildman–Crippen LogP) is 2.44. The summed E-state index contributed by atoms with van der Waals surface area (Å²) in [5.41, 5.74) is 1.97. The number of hydrogen-bond donors (Lipinski definition) is 0. The van der Waals surface area contributed by atoms with Crippen LogP contribution in [-0.4, -0.2) is 49.2 Å². The average molecular weight is 293 g/mol. The van der Waals surface area contributed by atoms with Crippen molar-refractivity contribution < 1.29 is 9.66 Å². The Bertz CT molecular complexity index is 523. The lowest BCUT2D eigenvalue weighted by molar-refractivity contribution is -0.385. The van der Waals surface area contributed by atoms with Gasteiger partial charge >= 0.3 is 5.69 Å². The molecule has 1 fully saturated rings. The number of benzene rings is 1. The molecule has 6 heteroatoms. The van der Waals surface area contributed by atoms with Crippen LogP contribution in [0, 0.1) is 17.0 Å². The summed E-state index contributed by atoms with van der Waals surface area (Å²) in [7, 11) is 1.47. The molecule has 1 aromatic carbocycles. The molecule has 6 nitrogen and oxygen atoms in total. The summed E-state index contributed by atoms with van der Waals surface area (Å²) in [6, 6.07) is 3.95. The smallest absolute Gasteiger partial charge is 0.311 e. The highest BCUT2D eigenvalue weighted by Gasteiger charge is 2.23. The largest absolute Gasteiger partial charge is 0.490 e. The second-order valence-corrected chi connectivity index (χ2v) is 5.68. The summed E-state index contributed by atoms with van der Waals surface area (Å²) >= 11 is 0. The SMILES string of the molecule is COc1cc(N2CCN(C(C)C)CC2)c(C)cc1[N+](=O)[O-]. The molecule has 0 atom stereocenters. The number of nitro benzene ring substituents is 1. The molecular weight excluding hydrogens is 270 g/mol. The van der Waals surface area contributed by atoms with Crippen LogP contribution in [0.15, 0.2) is 12.1 Å². The molecule has 0 N–H and O–H groups in total. The fourth-order valence-corrected chi connectivity index (χ4v) is 2.79. The molecule has 1 aliphatic rings. The third-order valence-electron chi connectivity index (χ3n) is 4.08. The Morgan fingerprint density at radius 3 is 2.33 bits per heavy atom. The zero-order valence-corrected chi connectivity index (χ0v) is 13.1. The first-order chi connectivity index (χ1) is 9.93. The third-order valence-corrected chi connectivity index (χ3v) is 4.08. The fourth-order valence-electron chi connectivity index (χ4n) is 2.79. The number of aryl methyl sites for hydroxylation is 1. The predicted molar refractivity (Wildman–Crippen MR) is 83.3 cm³/mol. The van der Waals surface area contributed by atoms with Gasteiger partial charge in [0.2, 0.25) is 0 Å². The number of nitro groups is 1. The average Bonchev–Trinajstić information content (AvgIpc) is 2.47. The molecule has 0 radical (unpaired) electrons. The van der Waals surface area contributed by atoms with Gasteiger partial charge in [0.25, 0.3) is 0 Å². The quantitative estimate of drug-likeness (QED) is 0.630. The Hall–Kier alpha value is -1.82. The number of ether oxygens (including phenoxy) is 1. The van der Waals surface area contributed by atoms with E-state index in [1.54, 1.807) is 12.1 Å². The lowest BCUT2D eigenvalue weighted by Crippen LogP contribution is -2.49. The van der Waals surface area contributed by atoms with Gasteiger partial charge in [0.05, 0.1) is 12.0 Å². The molecule has 1 heterocycles. The topological polar surface area (TPSA) is 58.8 Å². The molecule has 0 aliphatic carbocycles. The highest BCUT2D eigenvalue weighted by molar-refractivity contribution is 5.64. The first-order valence-corrected chi connectivity index (χ1v) is 7.26. The maximum absolute atomic E-state index is 11.0. The van der Waals surface area contributed by atoms with Crippen LogP contribution < -0.4 is 9.64 Å². The van der Waals surface area contributed by atoms with Crippen molar-refractivity contribution in [2.45, 2.75) is 26.8 Å². The van der Waals surface area contributed by atoms with Crippen LogP contribution in [0.1, 0.15) is 19.4 Å². The first-order valence-electron chi connectivity index (χ1n) is 7.26. The van der Waals surface area contributed by atoms with Gasteiger partial charge in [-0.15, -0.1) is 0 Å². The Kier molecular flexibility index (Phi) is 4.67. The van der Waals surface area contributed by atoms with Crippen LogP contribution in [-0.2, 0) is 0 Å². The van der Waals surface area contributed by atoms with E-state index in [9.17, 15) is 10.1 Å². The van der Waals surface area contributed by atoms with Gasteiger partial charge in [-0.1, -0.05) is 0 Å². The first kappa shape index (κ1) is 15.6. The summed E-state index contributed by atoms with van der Waals surface area (Å²) in [5.74, 6) is 0.326. The van der Waals surface area contributed by atoms with Crippen LogP contribution in [0.3, 0.4) is 0 Å². The van der Waals surface area contributed by atoms with Gasteiger partial charge in [0.1, 0.15) is 0 Å². The summed E-state index contributed by atoms with van der Waals surface area (Å²) in [6.07, 6.45) is 0. The monoisotopic (exact) mass is 293 g/mol. The van der Waals surface area contributed by atoms with Crippen molar-refractivity contribution >= 4 is 11.4 Å². The number of anilines is 1. The number of piperazine rings is 1. The van der Waals surface area contributed by atoms with Crippen molar-refractivity contribution in [2.24, 2.45) is 0 Å². The van der Waals surface area contributed by atoms with Crippen LogP contribution in [0.5, 0.6) is 5.75 Å². The van der Waals surface area contributed by atoms with Crippen LogP contribution >= 0.6 is 0 Å². The van der Waals surface area contributed by atoms with E-state index < -0.39 is 4.92 Å². The van der Waals surface area contributed by atoms with Crippen molar-refractivity contribution in [3.63, 3.8) is 0 Å². The van der Waals surface area contributed by atoms with E-state index >= 15 is 0 Å². The van der Waals surface area contributed by atoms with Gasteiger partial charge in [-0.25, -0.2) is 0 Å². The maximum Gasteiger partial charge on any atom is 0.311 e. The van der Waals surface area contributed by atoms with Gasteiger partial charge in [-0.3, -0.25) is 15.0 Å². The number of hydrogen-bond acceptors (Lipinski definition) is 5. The van der Waals surface area contributed by atoms with Crippen molar-refractivity contribution in [1.29, 1.82) is 0 Å². The van der Waals surface area contributed by atoms with E-state index in [-0.39, 0.29) is 5.69 Å². The highest BCUT2D eigenvalue weighted by Crippen LogP contribution is 2.35. The van der Waals surface area contributed by atoms with E-state index in [1.165, 1.54) is 7.11 Å². The fraction of sp³-hybridized carbons (Fsp3) is 0.600. The molecule has 0 spiro atoms. The van der Waals surface area contributed by atoms with Crippen LogP contribution in [0.25, 0.3) is 0 Å². The summed E-state index contributed by atoms with van der Waals surface area (Å²) in [4.78, 5) is 15.4.